The first kappa shape index (κ1) is 18.8. The second-order valence-corrected chi connectivity index (χ2v) is 8.31. The monoisotopic (exact) mass is 418 g/mol. The van der Waals surface area contributed by atoms with Crippen LogP contribution in [-0.2, 0) is 11.3 Å². The summed E-state index contributed by atoms with van der Waals surface area (Å²) in [5.74, 6) is 0.110. The Bertz CT molecular complexity index is 1110. The van der Waals surface area contributed by atoms with Gasteiger partial charge in [0.2, 0.25) is 5.91 Å². The molecule has 1 saturated heterocycles. The van der Waals surface area contributed by atoms with E-state index < -0.39 is 0 Å². The predicted molar refractivity (Wildman–Crippen MR) is 118 cm³/mol. The average Bonchev–Trinajstić information content (AvgIpc) is 3.45. The van der Waals surface area contributed by atoms with E-state index in [9.17, 15) is 4.79 Å². The minimum atomic E-state index is 0.0119. The van der Waals surface area contributed by atoms with Crippen LogP contribution in [0.4, 0.5) is 6.01 Å². The molecular formula is C23H22N4O2S. The van der Waals surface area contributed by atoms with Crippen molar-refractivity contribution in [2.24, 2.45) is 5.92 Å². The number of para-hydroxylation sites is 2. The Kier molecular flexibility index (Phi) is 5.19. The van der Waals surface area contributed by atoms with E-state index in [1.807, 2.05) is 60.0 Å². The molecule has 7 heteroatoms. The van der Waals surface area contributed by atoms with E-state index in [1.165, 1.54) is 0 Å². The van der Waals surface area contributed by atoms with Crippen molar-refractivity contribution in [2.45, 2.75) is 19.4 Å². The normalized spacial score (nSPS) is 14.9. The van der Waals surface area contributed by atoms with Crippen molar-refractivity contribution >= 4 is 34.4 Å². The van der Waals surface area contributed by atoms with Crippen molar-refractivity contribution in [3.8, 4) is 10.6 Å². The topological polar surface area (TPSA) is 71.3 Å². The summed E-state index contributed by atoms with van der Waals surface area (Å²) < 4.78 is 5.85. The highest BCUT2D eigenvalue weighted by atomic mass is 32.1. The highest BCUT2D eigenvalue weighted by Crippen LogP contribution is 2.27. The summed E-state index contributed by atoms with van der Waals surface area (Å²) in [6.45, 7) is 1.99. The van der Waals surface area contributed by atoms with Crippen molar-refractivity contribution in [3.05, 3.63) is 65.7 Å². The maximum absolute atomic E-state index is 12.6. The summed E-state index contributed by atoms with van der Waals surface area (Å²) >= 11 is 1.60. The standard InChI is InChI=1S/C23H22N4O2S/c28-21(24-14-18-15-30-22(25-18)17-6-2-1-3-7-17)16-10-12-27(13-11-16)23-26-19-8-4-5-9-20(19)29-23/h1-9,15-16H,10-14H2,(H,24,28). The Morgan fingerprint density at radius 3 is 2.63 bits per heavy atom. The second-order valence-electron chi connectivity index (χ2n) is 7.45. The van der Waals surface area contributed by atoms with E-state index in [4.69, 9.17) is 4.42 Å². The molecule has 1 amide bonds. The van der Waals surface area contributed by atoms with Gasteiger partial charge in [0.05, 0.1) is 12.2 Å². The van der Waals surface area contributed by atoms with Gasteiger partial charge in [-0.3, -0.25) is 4.79 Å². The van der Waals surface area contributed by atoms with Gasteiger partial charge < -0.3 is 14.6 Å². The third kappa shape index (κ3) is 3.93. The minimum Gasteiger partial charge on any atom is -0.423 e. The van der Waals surface area contributed by atoms with Crippen LogP contribution in [0.15, 0.2) is 64.4 Å². The fourth-order valence-electron chi connectivity index (χ4n) is 3.75. The largest absolute Gasteiger partial charge is 0.423 e. The van der Waals surface area contributed by atoms with Crippen molar-refractivity contribution in [1.29, 1.82) is 0 Å². The van der Waals surface area contributed by atoms with Gasteiger partial charge in [-0.15, -0.1) is 11.3 Å². The molecule has 0 atom stereocenters. The lowest BCUT2D eigenvalue weighted by molar-refractivity contribution is -0.125. The van der Waals surface area contributed by atoms with E-state index >= 15 is 0 Å². The zero-order chi connectivity index (χ0) is 20.3. The Labute approximate surface area is 178 Å². The van der Waals surface area contributed by atoms with E-state index in [0.29, 0.717) is 12.6 Å². The molecule has 0 bridgehead atoms. The molecular weight excluding hydrogens is 396 g/mol. The average molecular weight is 419 g/mol. The number of nitrogens with zero attached hydrogens (tertiary/aromatic N) is 3. The van der Waals surface area contributed by atoms with Gasteiger partial charge in [-0.25, -0.2) is 4.98 Å². The first-order valence-electron chi connectivity index (χ1n) is 10.1. The van der Waals surface area contributed by atoms with E-state index in [0.717, 1.165) is 53.3 Å². The Hall–Kier alpha value is -3.19. The minimum absolute atomic E-state index is 0.0119. The van der Waals surface area contributed by atoms with Gasteiger partial charge in [0.25, 0.3) is 6.01 Å². The third-order valence-corrected chi connectivity index (χ3v) is 6.38. The fraction of sp³-hybridized carbons (Fsp3) is 0.261. The second kappa shape index (κ2) is 8.28. The van der Waals surface area contributed by atoms with Crippen LogP contribution in [0.2, 0.25) is 0 Å². The van der Waals surface area contributed by atoms with Crippen LogP contribution >= 0.6 is 11.3 Å². The lowest BCUT2D eigenvalue weighted by Gasteiger charge is -2.30. The Morgan fingerprint density at radius 1 is 1.07 bits per heavy atom. The zero-order valence-corrected chi connectivity index (χ0v) is 17.3. The van der Waals surface area contributed by atoms with Crippen LogP contribution in [-0.4, -0.2) is 29.0 Å². The summed E-state index contributed by atoms with van der Waals surface area (Å²) in [6, 6.07) is 18.5. The number of hydrogen-bond donors (Lipinski definition) is 1. The summed E-state index contributed by atoms with van der Waals surface area (Å²) in [5.41, 5.74) is 3.67. The number of thiazole rings is 1. The van der Waals surface area contributed by atoms with Gasteiger partial charge in [-0.2, -0.15) is 4.98 Å². The molecule has 0 unspecified atom stereocenters. The third-order valence-electron chi connectivity index (χ3n) is 5.44. The van der Waals surface area contributed by atoms with Crippen LogP contribution < -0.4 is 10.2 Å². The molecule has 0 radical (unpaired) electrons. The van der Waals surface area contributed by atoms with E-state index in [1.54, 1.807) is 11.3 Å². The van der Waals surface area contributed by atoms with Gasteiger partial charge in [-0.1, -0.05) is 42.5 Å². The van der Waals surface area contributed by atoms with Crippen molar-refractivity contribution < 1.29 is 9.21 Å². The molecule has 2 aromatic carbocycles. The van der Waals surface area contributed by atoms with Crippen molar-refractivity contribution in [3.63, 3.8) is 0 Å². The maximum atomic E-state index is 12.6. The number of carbonyl (C=O) groups excluding carboxylic acids is 1. The number of fused-ring (bicyclic) bond motifs is 1. The molecule has 6 nitrogen and oxygen atoms in total. The Morgan fingerprint density at radius 2 is 1.83 bits per heavy atom. The van der Waals surface area contributed by atoms with Gasteiger partial charge in [-0.05, 0) is 25.0 Å². The molecule has 5 rings (SSSR count). The number of rotatable bonds is 5. The number of oxazole rings is 1. The summed E-state index contributed by atoms with van der Waals surface area (Å²) in [7, 11) is 0. The van der Waals surface area contributed by atoms with Crippen molar-refractivity contribution in [1.82, 2.24) is 15.3 Å². The molecule has 1 N–H and O–H groups in total. The molecule has 0 aliphatic carbocycles. The molecule has 0 spiro atoms. The van der Waals surface area contributed by atoms with Crippen LogP contribution in [0.5, 0.6) is 0 Å². The van der Waals surface area contributed by atoms with E-state index in [2.05, 4.69) is 20.2 Å². The maximum Gasteiger partial charge on any atom is 0.298 e. The van der Waals surface area contributed by atoms with Crippen LogP contribution in [0, 0.1) is 5.92 Å². The number of aromatic nitrogens is 2. The summed E-state index contributed by atoms with van der Waals surface area (Å²) in [5, 5.41) is 6.05. The zero-order valence-electron chi connectivity index (χ0n) is 16.5. The van der Waals surface area contributed by atoms with Crippen LogP contribution in [0.3, 0.4) is 0 Å². The molecule has 152 valence electrons. The highest BCUT2D eigenvalue weighted by Gasteiger charge is 2.27. The number of amides is 1. The quantitative estimate of drug-likeness (QED) is 0.517. The lowest BCUT2D eigenvalue weighted by atomic mass is 9.96. The highest BCUT2D eigenvalue weighted by molar-refractivity contribution is 7.13. The van der Waals surface area contributed by atoms with Crippen molar-refractivity contribution in [2.75, 3.05) is 18.0 Å². The summed E-state index contributed by atoms with van der Waals surface area (Å²) in [4.78, 5) is 24.0. The molecule has 4 aromatic rings. The number of carbonyl (C=O) groups is 1. The van der Waals surface area contributed by atoms with Gasteiger partial charge in [0.15, 0.2) is 5.58 Å². The molecule has 3 heterocycles. The lowest BCUT2D eigenvalue weighted by Crippen LogP contribution is -2.40. The summed E-state index contributed by atoms with van der Waals surface area (Å²) in [6.07, 6.45) is 1.58. The van der Waals surface area contributed by atoms with Crippen LogP contribution in [0.25, 0.3) is 21.7 Å². The number of anilines is 1. The molecule has 30 heavy (non-hydrogen) atoms. The van der Waals surface area contributed by atoms with Gasteiger partial charge in [0.1, 0.15) is 10.5 Å². The molecule has 0 saturated carbocycles. The number of nitrogens with one attached hydrogen (secondary N) is 1. The van der Waals surface area contributed by atoms with E-state index in [-0.39, 0.29) is 11.8 Å². The number of benzene rings is 2. The van der Waals surface area contributed by atoms with Gasteiger partial charge >= 0.3 is 0 Å². The number of hydrogen-bond acceptors (Lipinski definition) is 6. The molecule has 1 aliphatic heterocycles. The molecule has 1 aliphatic rings. The first-order valence-corrected chi connectivity index (χ1v) is 11.0. The smallest absolute Gasteiger partial charge is 0.298 e. The first-order chi connectivity index (χ1) is 14.8. The number of piperidine rings is 1. The Balaban J connectivity index is 1.14. The fourth-order valence-corrected chi connectivity index (χ4v) is 4.58. The SMILES string of the molecule is O=C(NCc1csc(-c2ccccc2)n1)C1CCN(c2nc3ccccc3o2)CC1. The molecule has 2 aromatic heterocycles. The molecule has 1 fully saturated rings. The van der Waals surface area contributed by atoms with Crippen LogP contribution in [0.1, 0.15) is 18.5 Å². The van der Waals surface area contributed by atoms with Gasteiger partial charge in [0, 0.05) is 30.0 Å². The predicted octanol–water partition coefficient (Wildman–Crippen LogP) is 4.48.